The van der Waals surface area contributed by atoms with Gasteiger partial charge in [0.05, 0.1) is 4.90 Å². The summed E-state index contributed by atoms with van der Waals surface area (Å²) in [7, 11) is -3.64. The monoisotopic (exact) mass is 394 g/mol. The van der Waals surface area contributed by atoms with Crippen LogP contribution in [0.4, 0.5) is 0 Å². The summed E-state index contributed by atoms with van der Waals surface area (Å²) in [6.45, 7) is 10.4. The van der Waals surface area contributed by atoms with E-state index in [4.69, 9.17) is 10.1 Å². The van der Waals surface area contributed by atoms with Crippen LogP contribution in [0.25, 0.3) is 0 Å². The Morgan fingerprint density at radius 2 is 2.00 bits per heavy atom. The molecule has 1 atom stereocenters. The lowest BCUT2D eigenvalue weighted by molar-refractivity contribution is 0.142. The molecule has 0 aliphatic carbocycles. The first-order chi connectivity index (χ1) is 12.8. The summed E-state index contributed by atoms with van der Waals surface area (Å²) >= 11 is 0. The molecule has 1 aliphatic rings. The van der Waals surface area contributed by atoms with Gasteiger partial charge in [-0.25, -0.2) is 13.6 Å². The second-order valence-electron chi connectivity index (χ2n) is 7.76. The van der Waals surface area contributed by atoms with Crippen LogP contribution in [-0.4, -0.2) is 45.5 Å². The first-order valence-corrected chi connectivity index (χ1v) is 11.5. The van der Waals surface area contributed by atoms with Crippen molar-refractivity contribution in [2.45, 2.75) is 57.8 Å². The zero-order chi connectivity index (χ0) is 19.9. The van der Waals surface area contributed by atoms with Crippen molar-refractivity contribution in [3.05, 3.63) is 29.8 Å². The van der Waals surface area contributed by atoms with Gasteiger partial charge in [-0.15, -0.1) is 0 Å². The Hall–Kier alpha value is -1.60. The Kier molecular flexibility index (Phi) is 7.68. The van der Waals surface area contributed by atoms with E-state index >= 15 is 0 Å². The number of guanidine groups is 1. The lowest BCUT2D eigenvalue weighted by Gasteiger charge is -2.42. The minimum atomic E-state index is -3.64. The number of rotatable bonds is 7. The molecular weight excluding hydrogens is 360 g/mol. The highest BCUT2D eigenvalue weighted by Gasteiger charge is 2.31. The Morgan fingerprint density at radius 1 is 1.30 bits per heavy atom. The Bertz CT molecular complexity index is 727. The number of nitrogens with zero attached hydrogens (tertiary/aromatic N) is 2. The van der Waals surface area contributed by atoms with Gasteiger partial charge < -0.3 is 10.2 Å². The molecule has 1 aromatic rings. The number of sulfonamides is 1. The number of benzene rings is 1. The van der Waals surface area contributed by atoms with Crippen molar-refractivity contribution < 1.29 is 8.42 Å². The van der Waals surface area contributed by atoms with Gasteiger partial charge in [0.1, 0.15) is 0 Å². The molecule has 152 valence electrons. The number of nitrogens with one attached hydrogen (secondary N) is 1. The van der Waals surface area contributed by atoms with E-state index < -0.39 is 10.0 Å². The van der Waals surface area contributed by atoms with Crippen molar-refractivity contribution in [2.75, 3.05) is 26.2 Å². The van der Waals surface area contributed by atoms with E-state index in [1.165, 1.54) is 25.7 Å². The maximum absolute atomic E-state index is 11.3. The maximum atomic E-state index is 11.3. The average molecular weight is 395 g/mol. The molecule has 2 rings (SSSR count). The summed E-state index contributed by atoms with van der Waals surface area (Å²) < 4.78 is 22.7. The normalized spacial score (nSPS) is 21.3. The molecule has 0 spiro atoms. The van der Waals surface area contributed by atoms with E-state index in [0.29, 0.717) is 12.0 Å². The summed E-state index contributed by atoms with van der Waals surface area (Å²) in [5.74, 6) is 0.987. The molecule has 7 heteroatoms. The maximum Gasteiger partial charge on any atom is 0.238 e. The van der Waals surface area contributed by atoms with Crippen LogP contribution in [0.3, 0.4) is 0 Å². The average Bonchev–Trinajstić information content (AvgIpc) is 2.60. The lowest BCUT2D eigenvalue weighted by atomic mass is 9.78. The van der Waals surface area contributed by atoms with E-state index in [-0.39, 0.29) is 4.90 Å². The first kappa shape index (κ1) is 21.7. The molecule has 0 saturated carbocycles. The van der Waals surface area contributed by atoms with Crippen LogP contribution in [0.2, 0.25) is 0 Å². The van der Waals surface area contributed by atoms with Crippen LogP contribution in [0.15, 0.2) is 34.2 Å². The standard InChI is InChI=1S/C20H34N4O2S/c1-4-12-20(3)13-6-15-24(16-20)19(22-5-2)23-14-11-17-7-9-18(10-8-17)27(21,25)26/h7-10H,4-6,11-16H2,1-3H3,(H,22,23)(H2,21,25,26). The van der Waals surface area contributed by atoms with E-state index in [9.17, 15) is 8.42 Å². The van der Waals surface area contributed by atoms with Crippen LogP contribution in [0.5, 0.6) is 0 Å². The van der Waals surface area contributed by atoms with Gasteiger partial charge in [-0.05, 0) is 55.7 Å². The second kappa shape index (κ2) is 9.55. The van der Waals surface area contributed by atoms with Crippen molar-refractivity contribution in [1.29, 1.82) is 0 Å². The van der Waals surface area contributed by atoms with Crippen LogP contribution in [-0.2, 0) is 16.4 Å². The predicted octanol–water partition coefficient (Wildman–Crippen LogP) is 2.74. The lowest BCUT2D eigenvalue weighted by Crippen LogP contribution is -2.49. The first-order valence-electron chi connectivity index (χ1n) is 9.92. The van der Waals surface area contributed by atoms with Crippen molar-refractivity contribution in [2.24, 2.45) is 15.5 Å². The fraction of sp³-hybridized carbons (Fsp3) is 0.650. The molecule has 1 aliphatic heterocycles. The molecule has 1 heterocycles. The summed E-state index contributed by atoms with van der Waals surface area (Å²) in [6.07, 6.45) is 5.72. The minimum absolute atomic E-state index is 0.145. The number of nitrogens with two attached hydrogens (primary N) is 1. The van der Waals surface area contributed by atoms with Crippen molar-refractivity contribution in [3.63, 3.8) is 0 Å². The second-order valence-corrected chi connectivity index (χ2v) is 9.32. The van der Waals surface area contributed by atoms with Crippen molar-refractivity contribution >= 4 is 16.0 Å². The number of piperidine rings is 1. The predicted molar refractivity (Wildman–Crippen MR) is 111 cm³/mol. The molecular formula is C20H34N4O2S. The van der Waals surface area contributed by atoms with E-state index in [1.54, 1.807) is 24.3 Å². The third kappa shape index (κ3) is 6.50. The molecule has 1 saturated heterocycles. The molecule has 0 radical (unpaired) electrons. The highest BCUT2D eigenvalue weighted by atomic mass is 32.2. The smallest absolute Gasteiger partial charge is 0.238 e. The van der Waals surface area contributed by atoms with Gasteiger partial charge in [-0.2, -0.15) is 0 Å². The largest absolute Gasteiger partial charge is 0.357 e. The fourth-order valence-corrected chi connectivity index (χ4v) is 4.38. The summed E-state index contributed by atoms with van der Waals surface area (Å²) in [5.41, 5.74) is 1.42. The Balaban J connectivity index is 2.00. The third-order valence-corrected chi connectivity index (χ3v) is 6.11. The van der Waals surface area contributed by atoms with Gasteiger partial charge in [0, 0.05) is 26.2 Å². The minimum Gasteiger partial charge on any atom is -0.357 e. The molecule has 0 amide bonds. The van der Waals surface area contributed by atoms with Crippen LogP contribution in [0.1, 0.15) is 52.0 Å². The number of hydrogen-bond acceptors (Lipinski definition) is 3. The molecule has 1 fully saturated rings. The van der Waals surface area contributed by atoms with Crippen LogP contribution in [0, 0.1) is 5.41 Å². The molecule has 1 unspecified atom stereocenters. The zero-order valence-corrected chi connectivity index (χ0v) is 17.7. The SMILES string of the molecule is CCCC1(C)CCCN(C(=NCCc2ccc(S(N)(=O)=O)cc2)NCC)C1. The van der Waals surface area contributed by atoms with Crippen molar-refractivity contribution in [3.8, 4) is 0 Å². The molecule has 3 N–H and O–H groups in total. The summed E-state index contributed by atoms with van der Waals surface area (Å²) in [5, 5.41) is 8.57. The molecule has 0 aromatic heterocycles. The van der Waals surface area contributed by atoms with Gasteiger partial charge in [-0.1, -0.05) is 32.4 Å². The van der Waals surface area contributed by atoms with E-state index in [1.807, 2.05) is 0 Å². The van der Waals surface area contributed by atoms with Gasteiger partial charge >= 0.3 is 0 Å². The van der Waals surface area contributed by atoms with E-state index in [2.05, 4.69) is 31.0 Å². The highest BCUT2D eigenvalue weighted by Crippen LogP contribution is 2.33. The quantitative estimate of drug-likeness (QED) is 0.550. The van der Waals surface area contributed by atoms with Gasteiger partial charge in [0.25, 0.3) is 0 Å². The Labute approximate surface area is 164 Å². The number of primary sulfonamides is 1. The summed E-state index contributed by atoms with van der Waals surface area (Å²) in [6, 6.07) is 6.73. The highest BCUT2D eigenvalue weighted by molar-refractivity contribution is 7.89. The number of hydrogen-bond donors (Lipinski definition) is 2. The third-order valence-electron chi connectivity index (χ3n) is 5.18. The molecule has 6 nitrogen and oxygen atoms in total. The molecule has 27 heavy (non-hydrogen) atoms. The summed E-state index contributed by atoms with van der Waals surface area (Å²) in [4.78, 5) is 7.36. The fourth-order valence-electron chi connectivity index (χ4n) is 3.87. The van der Waals surface area contributed by atoms with Crippen LogP contribution < -0.4 is 10.5 Å². The number of likely N-dealkylation sites (tertiary alicyclic amines) is 1. The number of aliphatic imine (C=N–C) groups is 1. The van der Waals surface area contributed by atoms with Crippen LogP contribution >= 0.6 is 0 Å². The van der Waals surface area contributed by atoms with E-state index in [0.717, 1.165) is 37.6 Å². The Morgan fingerprint density at radius 3 is 2.59 bits per heavy atom. The van der Waals surface area contributed by atoms with Gasteiger partial charge in [0.2, 0.25) is 10.0 Å². The van der Waals surface area contributed by atoms with Crippen molar-refractivity contribution in [1.82, 2.24) is 10.2 Å². The van der Waals surface area contributed by atoms with Gasteiger partial charge in [0.15, 0.2) is 5.96 Å². The molecule has 0 bridgehead atoms. The van der Waals surface area contributed by atoms with Gasteiger partial charge in [-0.3, -0.25) is 4.99 Å². The molecule has 1 aromatic carbocycles. The zero-order valence-electron chi connectivity index (χ0n) is 16.9. The topological polar surface area (TPSA) is 87.8 Å².